The van der Waals surface area contributed by atoms with Gasteiger partial charge in [-0.3, -0.25) is 4.98 Å². The molecule has 45 heavy (non-hydrogen) atoms. The Hall–Kier alpha value is -3.69. The van der Waals surface area contributed by atoms with Crippen LogP contribution in [0.3, 0.4) is 0 Å². The Kier molecular flexibility index (Phi) is 7.02. The average molecular weight is 630 g/mol. The predicted molar refractivity (Wildman–Crippen MR) is 167 cm³/mol. The molecule has 0 unspecified atom stereocenters. The van der Waals surface area contributed by atoms with Crippen LogP contribution in [0.5, 0.6) is 11.6 Å². The molecule has 0 amide bonds. The zero-order chi connectivity index (χ0) is 30.8. The number of methoxy groups -OCH3 is 1. The predicted octanol–water partition coefficient (Wildman–Crippen LogP) is 8.09. The van der Waals surface area contributed by atoms with E-state index in [0.717, 1.165) is 92.0 Å². The maximum absolute atomic E-state index is 11.7. The molecule has 9 nitrogen and oxygen atoms in total. The zero-order valence-electron chi connectivity index (χ0n) is 25.3. The summed E-state index contributed by atoms with van der Waals surface area (Å²) in [5, 5.41) is 15.3. The number of ether oxygens (including phenoxy) is 3. The van der Waals surface area contributed by atoms with Gasteiger partial charge in [0, 0.05) is 34.5 Å². The van der Waals surface area contributed by atoms with Crippen molar-refractivity contribution in [3.8, 4) is 22.9 Å². The lowest BCUT2D eigenvalue weighted by Gasteiger charge is -2.52. The van der Waals surface area contributed by atoms with Crippen molar-refractivity contribution in [1.29, 1.82) is 0 Å². The molecule has 234 valence electrons. The first-order valence-electron chi connectivity index (χ1n) is 16.0. The molecule has 10 heteroatoms. The van der Waals surface area contributed by atoms with Crippen LogP contribution in [-0.2, 0) is 11.3 Å². The molecule has 0 atom stereocenters. The minimum atomic E-state index is -0.906. The normalized spacial score (nSPS) is 24.2. The van der Waals surface area contributed by atoms with Gasteiger partial charge < -0.3 is 23.8 Å². The van der Waals surface area contributed by atoms with E-state index in [0.29, 0.717) is 58.5 Å². The van der Waals surface area contributed by atoms with E-state index in [2.05, 4.69) is 10.1 Å². The second-order valence-corrected chi connectivity index (χ2v) is 13.9. The highest BCUT2D eigenvalue weighted by atomic mass is 35.5. The second kappa shape index (κ2) is 11.0. The number of rotatable bonds is 11. The number of hydrogen-bond donors (Lipinski definition) is 1. The monoisotopic (exact) mass is 629 g/mol. The summed E-state index contributed by atoms with van der Waals surface area (Å²) in [6.07, 6.45) is 13.6. The van der Waals surface area contributed by atoms with Gasteiger partial charge >= 0.3 is 5.97 Å². The van der Waals surface area contributed by atoms with E-state index >= 15 is 0 Å². The van der Waals surface area contributed by atoms with Gasteiger partial charge in [0.1, 0.15) is 17.2 Å². The number of hydrogen-bond acceptors (Lipinski definition) is 8. The summed E-state index contributed by atoms with van der Waals surface area (Å²) in [4.78, 5) is 20.7. The van der Waals surface area contributed by atoms with Crippen molar-refractivity contribution in [3.63, 3.8) is 0 Å². The number of aromatic carboxylic acids is 1. The van der Waals surface area contributed by atoms with Crippen LogP contribution in [0.25, 0.3) is 22.2 Å². The average Bonchev–Trinajstić information content (AvgIpc) is 4.01. The molecule has 1 aromatic carbocycles. The fourth-order valence-electron chi connectivity index (χ4n) is 7.39. The molecular formula is C35H36ClN3O6. The number of aromatic nitrogens is 3. The van der Waals surface area contributed by atoms with Gasteiger partial charge in [-0.1, -0.05) is 16.8 Å². The Bertz CT molecular complexity index is 1770. The molecule has 0 radical (unpaired) electrons. The molecule has 0 aliphatic heterocycles. The number of benzene rings is 1. The molecule has 0 saturated heterocycles. The van der Waals surface area contributed by atoms with Gasteiger partial charge in [-0.2, -0.15) is 0 Å². The lowest BCUT2D eigenvalue weighted by Crippen LogP contribution is -2.49. The number of halogens is 1. The van der Waals surface area contributed by atoms with Crippen molar-refractivity contribution in [2.45, 2.75) is 88.3 Å². The van der Waals surface area contributed by atoms with Gasteiger partial charge in [-0.05, 0) is 93.9 Å². The Balaban J connectivity index is 0.957. The van der Waals surface area contributed by atoms with E-state index in [1.165, 1.54) is 0 Å². The largest absolute Gasteiger partial charge is 0.494 e. The van der Waals surface area contributed by atoms with Crippen LogP contribution in [-0.4, -0.2) is 45.5 Å². The van der Waals surface area contributed by atoms with E-state index in [1.54, 1.807) is 31.6 Å². The van der Waals surface area contributed by atoms with E-state index in [9.17, 15) is 9.90 Å². The number of carbonyl (C=O) groups is 1. The molecule has 5 saturated carbocycles. The number of pyridine rings is 2. The van der Waals surface area contributed by atoms with Gasteiger partial charge in [0.15, 0.2) is 0 Å². The molecule has 2 bridgehead atoms. The van der Waals surface area contributed by atoms with Crippen molar-refractivity contribution in [2.75, 3.05) is 13.7 Å². The van der Waals surface area contributed by atoms with Crippen LogP contribution >= 0.6 is 11.6 Å². The number of carboxylic acids is 1. The summed E-state index contributed by atoms with van der Waals surface area (Å²) < 4.78 is 24.7. The van der Waals surface area contributed by atoms with E-state index in [-0.39, 0.29) is 11.0 Å². The number of fused-ring (bicyclic) bond motifs is 4. The Labute approximate surface area is 266 Å². The first-order chi connectivity index (χ1) is 21.9. The molecule has 3 aromatic heterocycles. The van der Waals surface area contributed by atoms with Gasteiger partial charge in [0.25, 0.3) is 0 Å². The Morgan fingerprint density at radius 2 is 1.80 bits per heavy atom. The minimum Gasteiger partial charge on any atom is -0.494 e. The van der Waals surface area contributed by atoms with Crippen LogP contribution in [0.1, 0.15) is 103 Å². The summed E-state index contributed by atoms with van der Waals surface area (Å²) in [6.45, 7) is 1.04. The van der Waals surface area contributed by atoms with Crippen LogP contribution in [0, 0.1) is 5.41 Å². The first-order valence-corrected chi connectivity index (χ1v) is 16.3. The van der Waals surface area contributed by atoms with Crippen molar-refractivity contribution in [3.05, 3.63) is 64.1 Å². The molecule has 4 aromatic rings. The third-order valence-corrected chi connectivity index (χ3v) is 10.8. The lowest BCUT2D eigenvalue weighted by atomic mass is 9.59. The van der Waals surface area contributed by atoms with E-state index < -0.39 is 5.97 Å². The quantitative estimate of drug-likeness (QED) is 0.176. The summed E-state index contributed by atoms with van der Waals surface area (Å²) in [7, 11) is 1.60. The molecule has 5 fully saturated rings. The lowest BCUT2D eigenvalue weighted by molar-refractivity contribution is -0.150. The van der Waals surface area contributed by atoms with Gasteiger partial charge in [0.05, 0.1) is 53.8 Å². The van der Waals surface area contributed by atoms with Crippen molar-refractivity contribution in [1.82, 2.24) is 15.1 Å². The van der Waals surface area contributed by atoms with E-state index in [4.69, 9.17) is 35.3 Å². The molecule has 9 rings (SSSR count). The SMILES string of the molecule is COc1cncc(Cl)c1-c1noc(C2CC2)c1COC12CCC(COc3ccc4cc(C(=O)O)cc(C5CC5)c4n3)(CC1)CC2. The topological polar surface area (TPSA) is 117 Å². The minimum absolute atomic E-state index is 0.105. The zero-order valence-corrected chi connectivity index (χ0v) is 26.1. The first kappa shape index (κ1) is 28.8. The Morgan fingerprint density at radius 1 is 1.04 bits per heavy atom. The maximum atomic E-state index is 11.7. The molecular weight excluding hydrogens is 594 g/mol. The maximum Gasteiger partial charge on any atom is 0.335 e. The fraction of sp³-hybridized carbons (Fsp3) is 0.486. The van der Waals surface area contributed by atoms with Crippen LogP contribution < -0.4 is 9.47 Å². The highest BCUT2D eigenvalue weighted by Crippen LogP contribution is 2.55. The van der Waals surface area contributed by atoms with Crippen molar-refractivity contribution in [2.24, 2.45) is 5.41 Å². The molecule has 3 heterocycles. The third kappa shape index (κ3) is 5.33. The summed E-state index contributed by atoms with van der Waals surface area (Å²) in [6, 6.07) is 7.31. The van der Waals surface area contributed by atoms with Gasteiger partial charge in [0.2, 0.25) is 5.88 Å². The highest BCUT2D eigenvalue weighted by Gasteiger charge is 2.50. The van der Waals surface area contributed by atoms with Crippen LogP contribution in [0.4, 0.5) is 0 Å². The van der Waals surface area contributed by atoms with Crippen LogP contribution in [0.15, 0.2) is 41.2 Å². The third-order valence-electron chi connectivity index (χ3n) is 10.5. The van der Waals surface area contributed by atoms with Crippen molar-refractivity contribution < 1.29 is 28.6 Å². The standard InChI is InChI=1S/C35H36ClN3O6/c1-42-27-17-37-16-26(36)29(27)31-25(32(45-39-31)21-4-5-21)18-44-35-11-8-34(9-12-35,10-13-35)19-43-28-7-6-22-14-23(33(40)41)15-24(20-2-3-20)30(22)38-28/h6-7,14-17,20-21H,2-5,8-13,18-19H2,1H3,(H,40,41). The van der Waals surface area contributed by atoms with Gasteiger partial charge in [-0.15, -0.1) is 0 Å². The van der Waals surface area contributed by atoms with E-state index in [1.807, 2.05) is 12.1 Å². The van der Waals surface area contributed by atoms with Crippen LogP contribution in [0.2, 0.25) is 5.02 Å². The number of carboxylic acid groups (broad SMARTS) is 1. The number of nitrogens with zero attached hydrogens (tertiary/aromatic N) is 3. The Morgan fingerprint density at radius 3 is 2.49 bits per heavy atom. The summed E-state index contributed by atoms with van der Waals surface area (Å²) in [5.41, 5.74) is 4.47. The summed E-state index contributed by atoms with van der Waals surface area (Å²) >= 11 is 6.59. The molecule has 5 aliphatic carbocycles. The van der Waals surface area contributed by atoms with Gasteiger partial charge in [-0.25, -0.2) is 9.78 Å². The summed E-state index contributed by atoms with van der Waals surface area (Å²) in [5.74, 6) is 1.93. The smallest absolute Gasteiger partial charge is 0.335 e. The molecule has 0 spiro atoms. The fourth-order valence-corrected chi connectivity index (χ4v) is 7.63. The highest BCUT2D eigenvalue weighted by molar-refractivity contribution is 6.33. The molecule has 5 aliphatic rings. The van der Waals surface area contributed by atoms with Crippen molar-refractivity contribution >= 4 is 28.5 Å². The molecule has 1 N–H and O–H groups in total. The second-order valence-electron chi connectivity index (χ2n) is 13.5.